The van der Waals surface area contributed by atoms with E-state index in [1.807, 2.05) is 6.92 Å². The van der Waals surface area contributed by atoms with Crippen LogP contribution in [0.3, 0.4) is 0 Å². The van der Waals surface area contributed by atoms with Crippen LogP contribution >= 0.6 is 0 Å². The van der Waals surface area contributed by atoms with Gasteiger partial charge in [0.2, 0.25) is 0 Å². The molecule has 2 aliphatic rings. The van der Waals surface area contributed by atoms with Crippen LogP contribution in [0.4, 0.5) is 0 Å². The summed E-state index contributed by atoms with van der Waals surface area (Å²) in [5.74, 6) is -1.48. The van der Waals surface area contributed by atoms with Gasteiger partial charge in [-0.05, 0) is 25.0 Å². The number of rotatable bonds is 1. The summed E-state index contributed by atoms with van der Waals surface area (Å²) < 4.78 is 10.7. The van der Waals surface area contributed by atoms with E-state index >= 15 is 0 Å². The van der Waals surface area contributed by atoms with E-state index in [1.165, 1.54) is 6.92 Å². The molecule has 0 bridgehead atoms. The Bertz CT molecular complexity index is 584. The van der Waals surface area contributed by atoms with E-state index in [1.54, 1.807) is 6.08 Å². The first-order valence-electron chi connectivity index (χ1n) is 7.25. The van der Waals surface area contributed by atoms with Crippen molar-refractivity contribution in [1.82, 2.24) is 0 Å². The van der Waals surface area contributed by atoms with Gasteiger partial charge in [0.15, 0.2) is 5.78 Å². The molecule has 0 amide bonds. The summed E-state index contributed by atoms with van der Waals surface area (Å²) in [6.07, 6.45) is 1.73. The van der Waals surface area contributed by atoms with Crippen molar-refractivity contribution >= 4 is 17.7 Å². The third-order valence-corrected chi connectivity index (χ3v) is 4.02. The predicted octanol–water partition coefficient (Wildman–Crippen LogP) is 2.27. The van der Waals surface area contributed by atoms with Crippen LogP contribution in [0.25, 0.3) is 0 Å². The van der Waals surface area contributed by atoms with Gasteiger partial charge in [-0.15, -0.1) is 0 Å². The zero-order chi connectivity index (χ0) is 16.4. The average molecular weight is 304 g/mol. The second-order valence-electron chi connectivity index (χ2n) is 5.81. The highest BCUT2D eigenvalue weighted by Crippen LogP contribution is 2.36. The topological polar surface area (TPSA) is 69.7 Å². The molecule has 1 saturated heterocycles. The van der Waals surface area contributed by atoms with E-state index < -0.39 is 30.1 Å². The lowest BCUT2D eigenvalue weighted by Gasteiger charge is -2.26. The molecule has 1 heterocycles. The van der Waals surface area contributed by atoms with Gasteiger partial charge in [0.05, 0.1) is 5.92 Å². The lowest BCUT2D eigenvalue weighted by molar-refractivity contribution is -0.147. The van der Waals surface area contributed by atoms with Crippen molar-refractivity contribution in [3.8, 4) is 0 Å². The molecule has 118 valence electrons. The Hall–Kier alpha value is -2.17. The van der Waals surface area contributed by atoms with Crippen molar-refractivity contribution in [1.29, 1.82) is 0 Å². The molecule has 0 aromatic heterocycles. The predicted molar refractivity (Wildman–Crippen MR) is 79.8 cm³/mol. The van der Waals surface area contributed by atoms with Gasteiger partial charge in [-0.3, -0.25) is 9.59 Å². The van der Waals surface area contributed by atoms with Crippen molar-refractivity contribution in [3.05, 3.63) is 36.0 Å². The fourth-order valence-corrected chi connectivity index (χ4v) is 2.84. The summed E-state index contributed by atoms with van der Waals surface area (Å²) in [6, 6.07) is 0. The minimum absolute atomic E-state index is 0.0361. The van der Waals surface area contributed by atoms with E-state index in [-0.39, 0.29) is 17.8 Å². The van der Waals surface area contributed by atoms with Gasteiger partial charge in [0.25, 0.3) is 0 Å². The first-order valence-corrected chi connectivity index (χ1v) is 7.25. The first-order chi connectivity index (χ1) is 10.3. The molecule has 2 rings (SSSR count). The molecule has 0 aromatic carbocycles. The lowest BCUT2D eigenvalue weighted by atomic mass is 9.84. The van der Waals surface area contributed by atoms with Crippen LogP contribution in [0.1, 0.15) is 33.1 Å². The Kier molecular flexibility index (Phi) is 4.64. The van der Waals surface area contributed by atoms with E-state index in [9.17, 15) is 14.4 Å². The Morgan fingerprint density at radius 1 is 1.32 bits per heavy atom. The molecule has 0 saturated carbocycles. The van der Waals surface area contributed by atoms with Crippen molar-refractivity contribution in [2.24, 2.45) is 5.92 Å². The molecule has 22 heavy (non-hydrogen) atoms. The monoisotopic (exact) mass is 304 g/mol. The highest BCUT2D eigenvalue weighted by molar-refractivity contribution is 5.95. The first kappa shape index (κ1) is 16.2. The number of hydrogen-bond donors (Lipinski definition) is 0. The zero-order valence-electron chi connectivity index (χ0n) is 12.9. The fraction of sp³-hybridized carbons (Fsp3) is 0.471. The molecule has 5 nitrogen and oxygen atoms in total. The van der Waals surface area contributed by atoms with Crippen LogP contribution in [0, 0.1) is 5.92 Å². The van der Waals surface area contributed by atoms with Crippen molar-refractivity contribution in [3.63, 3.8) is 0 Å². The third-order valence-electron chi connectivity index (χ3n) is 4.02. The van der Waals surface area contributed by atoms with E-state index in [4.69, 9.17) is 9.47 Å². The van der Waals surface area contributed by atoms with Crippen LogP contribution in [-0.4, -0.2) is 29.9 Å². The van der Waals surface area contributed by atoms with Crippen molar-refractivity contribution in [2.75, 3.05) is 0 Å². The average Bonchev–Trinajstić information content (AvgIpc) is 2.69. The third kappa shape index (κ3) is 3.35. The zero-order valence-corrected chi connectivity index (χ0v) is 12.9. The summed E-state index contributed by atoms with van der Waals surface area (Å²) in [4.78, 5) is 35.2. The summed E-state index contributed by atoms with van der Waals surface area (Å²) in [7, 11) is 0. The largest absolute Gasteiger partial charge is 0.458 e. The highest BCUT2D eigenvalue weighted by atomic mass is 16.6. The second-order valence-corrected chi connectivity index (χ2v) is 5.81. The Labute approximate surface area is 129 Å². The molecular weight excluding hydrogens is 284 g/mol. The molecule has 0 radical (unpaired) electrons. The fourth-order valence-electron chi connectivity index (χ4n) is 2.84. The van der Waals surface area contributed by atoms with Crippen LogP contribution in [0.5, 0.6) is 0 Å². The van der Waals surface area contributed by atoms with Crippen molar-refractivity contribution < 1.29 is 23.9 Å². The second kappa shape index (κ2) is 6.30. The number of Topliss-reactive ketones (excluding diaryl/α,β-unsaturated/α-hetero) is 1. The maximum absolute atomic E-state index is 12.0. The van der Waals surface area contributed by atoms with Gasteiger partial charge in [-0.1, -0.05) is 18.7 Å². The molecule has 0 N–H and O–H groups in total. The summed E-state index contributed by atoms with van der Waals surface area (Å²) in [5, 5.41) is 0. The van der Waals surface area contributed by atoms with Gasteiger partial charge < -0.3 is 9.47 Å². The molecular formula is C17H20O5. The molecule has 3 atom stereocenters. The number of carbonyl (C=O) groups is 3. The van der Waals surface area contributed by atoms with Gasteiger partial charge in [0.1, 0.15) is 12.2 Å². The number of ketones is 1. The van der Waals surface area contributed by atoms with Crippen LogP contribution in [0.15, 0.2) is 36.0 Å². The molecule has 1 fully saturated rings. The summed E-state index contributed by atoms with van der Waals surface area (Å²) in [6.45, 7) is 10.7. The Balaban J connectivity index is 2.42. The molecule has 0 unspecified atom stereocenters. The maximum Gasteiger partial charge on any atom is 0.334 e. The SMILES string of the molecule is C=C1C[C@@H]2OC(=O)C(=C)[C@H]2[C@H](OC(C)=O)/C=C(/C)CCC1=O. The Morgan fingerprint density at radius 3 is 2.64 bits per heavy atom. The molecule has 1 aliphatic heterocycles. The number of fused-ring (bicyclic) bond motifs is 1. The minimum Gasteiger partial charge on any atom is -0.458 e. The smallest absolute Gasteiger partial charge is 0.334 e. The maximum atomic E-state index is 12.0. The van der Waals surface area contributed by atoms with Crippen molar-refractivity contribution in [2.45, 2.75) is 45.3 Å². The normalized spacial score (nSPS) is 31.9. The van der Waals surface area contributed by atoms with Crippen LogP contribution in [0.2, 0.25) is 0 Å². The number of allylic oxidation sites excluding steroid dienone is 1. The van der Waals surface area contributed by atoms with Crippen LogP contribution in [-0.2, 0) is 23.9 Å². The number of ether oxygens (including phenoxy) is 2. The summed E-state index contributed by atoms with van der Waals surface area (Å²) in [5.41, 5.74) is 1.61. The quantitative estimate of drug-likeness (QED) is 0.422. The molecule has 1 aliphatic carbocycles. The van der Waals surface area contributed by atoms with Gasteiger partial charge in [-0.25, -0.2) is 4.79 Å². The minimum atomic E-state index is -0.623. The summed E-state index contributed by atoms with van der Waals surface area (Å²) >= 11 is 0. The van der Waals surface area contributed by atoms with Gasteiger partial charge in [0, 0.05) is 25.3 Å². The highest BCUT2D eigenvalue weighted by Gasteiger charge is 2.44. The molecule has 0 spiro atoms. The van der Waals surface area contributed by atoms with E-state index in [0.717, 1.165) is 5.57 Å². The molecule has 0 aromatic rings. The number of esters is 2. The van der Waals surface area contributed by atoms with E-state index in [2.05, 4.69) is 13.2 Å². The van der Waals surface area contributed by atoms with Gasteiger partial charge in [-0.2, -0.15) is 0 Å². The molecule has 5 heteroatoms. The standard InChI is InChI=1S/C17H20O5/c1-9-5-6-13(19)10(2)8-15-16(11(3)17(20)22-15)14(7-9)21-12(4)18/h7,14-16H,2-3,5-6,8H2,1,4H3/b9-7-/t14-,15+,16+/m1/s1. The van der Waals surface area contributed by atoms with Gasteiger partial charge >= 0.3 is 11.9 Å². The lowest BCUT2D eigenvalue weighted by Crippen LogP contribution is -2.33. The Morgan fingerprint density at radius 2 is 2.00 bits per heavy atom. The van der Waals surface area contributed by atoms with E-state index in [0.29, 0.717) is 18.4 Å². The number of carbonyl (C=O) groups excluding carboxylic acids is 3. The van der Waals surface area contributed by atoms with Crippen LogP contribution < -0.4 is 0 Å². The number of hydrogen-bond acceptors (Lipinski definition) is 5.